The second-order valence-corrected chi connectivity index (χ2v) is 3.19. The van der Waals surface area contributed by atoms with E-state index in [0.29, 0.717) is 5.56 Å². The van der Waals surface area contributed by atoms with Crippen LogP contribution < -0.4 is 5.73 Å². The largest absolute Gasteiger partial charge is 0.366 e. The summed E-state index contributed by atoms with van der Waals surface area (Å²) in [7, 11) is 0. The van der Waals surface area contributed by atoms with E-state index in [4.69, 9.17) is 5.73 Å². The van der Waals surface area contributed by atoms with Crippen LogP contribution in [-0.4, -0.2) is 10.9 Å². The lowest BCUT2D eigenvalue weighted by Crippen LogP contribution is -2.13. The van der Waals surface area contributed by atoms with Gasteiger partial charge < -0.3 is 5.73 Å². The molecule has 0 unspecified atom stereocenters. The highest BCUT2D eigenvalue weighted by Gasteiger charge is 2.13. The summed E-state index contributed by atoms with van der Waals surface area (Å²) in [6.45, 7) is 0. The van der Waals surface area contributed by atoms with E-state index in [-0.39, 0.29) is 11.1 Å². The van der Waals surface area contributed by atoms with Gasteiger partial charge in [-0.15, -0.1) is 0 Å². The minimum atomic E-state index is -0.789. The summed E-state index contributed by atoms with van der Waals surface area (Å²) in [5.74, 6) is -1.43. The highest BCUT2D eigenvalue weighted by molar-refractivity contribution is 5.94. The van der Waals surface area contributed by atoms with Crippen molar-refractivity contribution in [2.45, 2.75) is 0 Å². The average molecular weight is 215 g/mol. The second-order valence-electron chi connectivity index (χ2n) is 3.19. The molecule has 0 aliphatic carbocycles. The third-order valence-corrected chi connectivity index (χ3v) is 2.16. The molecule has 16 heavy (non-hydrogen) atoms. The van der Waals surface area contributed by atoms with Gasteiger partial charge in [-0.05, 0) is 12.1 Å². The first-order valence-corrected chi connectivity index (χ1v) is 4.61. The number of benzene rings is 1. The molecule has 1 radical (unpaired) electrons. The van der Waals surface area contributed by atoms with Crippen molar-refractivity contribution in [3.63, 3.8) is 0 Å². The molecule has 0 aliphatic heterocycles. The fraction of sp³-hybridized carbons (Fsp3) is 0. The molecule has 2 N–H and O–H groups in total. The monoisotopic (exact) mass is 215 g/mol. The van der Waals surface area contributed by atoms with Gasteiger partial charge in [0.15, 0.2) is 0 Å². The Hall–Kier alpha value is -2.23. The summed E-state index contributed by atoms with van der Waals surface area (Å²) >= 11 is 0. The molecule has 1 heterocycles. The highest BCUT2D eigenvalue weighted by atomic mass is 19.1. The molecule has 0 bridgehead atoms. The van der Waals surface area contributed by atoms with Crippen LogP contribution in [0.3, 0.4) is 0 Å². The number of hydrogen-bond acceptors (Lipinski definition) is 2. The van der Waals surface area contributed by atoms with Crippen LogP contribution in [0.1, 0.15) is 10.4 Å². The van der Waals surface area contributed by atoms with Crippen LogP contribution in [0.15, 0.2) is 36.5 Å². The molecule has 1 aromatic carbocycles. The Balaban J connectivity index is 2.59. The molecule has 0 saturated carbocycles. The van der Waals surface area contributed by atoms with Crippen molar-refractivity contribution in [3.05, 3.63) is 54.1 Å². The first-order chi connectivity index (χ1) is 7.70. The van der Waals surface area contributed by atoms with Crippen molar-refractivity contribution in [2.24, 2.45) is 5.73 Å². The Morgan fingerprint density at radius 1 is 1.31 bits per heavy atom. The fourth-order valence-corrected chi connectivity index (χ4v) is 1.41. The van der Waals surface area contributed by atoms with Crippen molar-refractivity contribution in [2.75, 3.05) is 0 Å². The van der Waals surface area contributed by atoms with Crippen LogP contribution in [0.5, 0.6) is 0 Å². The highest BCUT2D eigenvalue weighted by Crippen LogP contribution is 2.23. The predicted molar refractivity (Wildman–Crippen MR) is 57.0 cm³/mol. The molecule has 4 heteroatoms. The number of hydrogen-bond donors (Lipinski definition) is 1. The summed E-state index contributed by atoms with van der Waals surface area (Å²) in [6, 6.07) is 7.80. The van der Waals surface area contributed by atoms with Crippen molar-refractivity contribution >= 4 is 5.91 Å². The molecular weight excluding hydrogens is 207 g/mol. The lowest BCUT2D eigenvalue weighted by Gasteiger charge is -2.04. The van der Waals surface area contributed by atoms with Crippen molar-refractivity contribution in [3.8, 4) is 11.1 Å². The molecule has 79 valence electrons. The number of aromatic nitrogens is 1. The van der Waals surface area contributed by atoms with Gasteiger partial charge in [0.2, 0.25) is 0 Å². The molecule has 0 spiro atoms. The summed E-state index contributed by atoms with van der Waals surface area (Å²) < 4.78 is 13.9. The molecule has 1 aromatic heterocycles. The van der Waals surface area contributed by atoms with Gasteiger partial charge in [0.05, 0.1) is 11.8 Å². The SMILES string of the molecule is NC(=O)c1cccc(-c2[c]nccc2)c1F. The van der Waals surface area contributed by atoms with E-state index in [1.807, 2.05) is 0 Å². The second kappa shape index (κ2) is 4.10. The van der Waals surface area contributed by atoms with E-state index in [2.05, 4.69) is 11.2 Å². The van der Waals surface area contributed by atoms with Gasteiger partial charge in [-0.25, -0.2) is 4.39 Å². The van der Waals surface area contributed by atoms with Crippen LogP contribution in [0.2, 0.25) is 0 Å². The van der Waals surface area contributed by atoms with Crippen LogP contribution >= 0.6 is 0 Å². The van der Waals surface area contributed by atoms with E-state index in [9.17, 15) is 9.18 Å². The first kappa shape index (κ1) is 10.3. The van der Waals surface area contributed by atoms with E-state index < -0.39 is 11.7 Å². The number of primary amides is 1. The summed E-state index contributed by atoms with van der Waals surface area (Å²) in [5.41, 5.74) is 5.68. The average Bonchev–Trinajstić information content (AvgIpc) is 2.30. The van der Waals surface area contributed by atoms with Crippen LogP contribution in [0.25, 0.3) is 11.1 Å². The number of carbonyl (C=O) groups is 1. The minimum absolute atomic E-state index is 0.130. The van der Waals surface area contributed by atoms with E-state index in [1.54, 1.807) is 30.5 Å². The number of carbonyl (C=O) groups excluding carboxylic acids is 1. The van der Waals surface area contributed by atoms with Crippen LogP contribution in [0, 0.1) is 12.0 Å². The van der Waals surface area contributed by atoms with Crippen LogP contribution in [0.4, 0.5) is 4.39 Å². The Bertz CT molecular complexity index is 526. The van der Waals surface area contributed by atoms with Gasteiger partial charge in [-0.1, -0.05) is 18.2 Å². The molecule has 2 rings (SSSR count). The predicted octanol–water partition coefficient (Wildman–Crippen LogP) is 1.79. The first-order valence-electron chi connectivity index (χ1n) is 4.61. The molecule has 1 amide bonds. The number of nitrogens with zero attached hydrogens (tertiary/aromatic N) is 1. The van der Waals surface area contributed by atoms with E-state index >= 15 is 0 Å². The topological polar surface area (TPSA) is 56.0 Å². The molecule has 0 fully saturated rings. The Kier molecular flexibility index (Phi) is 2.64. The third-order valence-electron chi connectivity index (χ3n) is 2.16. The maximum absolute atomic E-state index is 13.9. The van der Waals surface area contributed by atoms with Gasteiger partial charge in [0, 0.05) is 17.3 Å². The summed E-state index contributed by atoms with van der Waals surface area (Å²) in [4.78, 5) is 14.7. The summed E-state index contributed by atoms with van der Waals surface area (Å²) in [5, 5.41) is 0. The Morgan fingerprint density at radius 2 is 2.12 bits per heavy atom. The third kappa shape index (κ3) is 1.77. The Labute approximate surface area is 91.7 Å². The number of rotatable bonds is 2. The number of pyridine rings is 1. The molecule has 3 nitrogen and oxygen atoms in total. The Morgan fingerprint density at radius 3 is 2.75 bits per heavy atom. The van der Waals surface area contributed by atoms with Crippen molar-refractivity contribution in [1.82, 2.24) is 4.98 Å². The smallest absolute Gasteiger partial charge is 0.251 e. The molecule has 2 aromatic rings. The lowest BCUT2D eigenvalue weighted by molar-refractivity contribution is 0.0996. The maximum Gasteiger partial charge on any atom is 0.251 e. The fourth-order valence-electron chi connectivity index (χ4n) is 1.41. The quantitative estimate of drug-likeness (QED) is 0.830. The van der Waals surface area contributed by atoms with Crippen LogP contribution in [-0.2, 0) is 0 Å². The van der Waals surface area contributed by atoms with Gasteiger partial charge in [-0.3, -0.25) is 9.78 Å². The van der Waals surface area contributed by atoms with Crippen molar-refractivity contribution < 1.29 is 9.18 Å². The van der Waals surface area contributed by atoms with Gasteiger partial charge in [-0.2, -0.15) is 0 Å². The normalized spacial score (nSPS) is 10.1. The van der Waals surface area contributed by atoms with Gasteiger partial charge in [0.1, 0.15) is 5.82 Å². The van der Waals surface area contributed by atoms with Crippen molar-refractivity contribution in [1.29, 1.82) is 0 Å². The van der Waals surface area contributed by atoms with E-state index in [0.717, 1.165) is 0 Å². The van der Waals surface area contributed by atoms with Gasteiger partial charge in [0.25, 0.3) is 5.91 Å². The molecule has 0 aliphatic rings. The van der Waals surface area contributed by atoms with Gasteiger partial charge >= 0.3 is 0 Å². The number of nitrogens with two attached hydrogens (primary N) is 1. The molecular formula is C12H8FN2O. The summed E-state index contributed by atoms with van der Waals surface area (Å²) in [6.07, 6.45) is 4.19. The lowest BCUT2D eigenvalue weighted by atomic mass is 10.0. The standard InChI is InChI=1S/C12H8FN2O/c13-11-9(8-3-2-6-15-7-8)4-1-5-10(11)12(14)16/h1-6H,(H2,14,16). The molecule has 0 saturated heterocycles. The number of halogens is 1. The zero-order valence-electron chi connectivity index (χ0n) is 8.27. The maximum atomic E-state index is 13.9. The number of amides is 1. The zero-order chi connectivity index (χ0) is 11.5. The zero-order valence-corrected chi connectivity index (χ0v) is 8.27. The van der Waals surface area contributed by atoms with E-state index in [1.165, 1.54) is 6.07 Å². The minimum Gasteiger partial charge on any atom is -0.366 e. The molecule has 0 atom stereocenters.